The molecule has 1 N–H and O–H groups in total. The van der Waals surface area contributed by atoms with Gasteiger partial charge >= 0.3 is 6.18 Å². The molecule has 3 nitrogen and oxygen atoms in total. The number of ether oxygens (including phenoxy) is 1. The lowest BCUT2D eigenvalue weighted by Gasteiger charge is -2.29. The van der Waals surface area contributed by atoms with Crippen LogP contribution in [0.1, 0.15) is 16.8 Å². The van der Waals surface area contributed by atoms with Gasteiger partial charge in [0.1, 0.15) is 11.2 Å². The van der Waals surface area contributed by atoms with Gasteiger partial charge in [-0.25, -0.2) is 0 Å². The van der Waals surface area contributed by atoms with Crippen LogP contribution in [-0.4, -0.2) is 32.2 Å². The van der Waals surface area contributed by atoms with Crippen LogP contribution in [0.15, 0.2) is 18.2 Å². The minimum absolute atomic E-state index is 0.0488. The summed E-state index contributed by atoms with van der Waals surface area (Å²) in [4.78, 5) is 12.3. The highest BCUT2D eigenvalue weighted by atomic mass is 35.5. The van der Waals surface area contributed by atoms with Crippen molar-refractivity contribution in [3.63, 3.8) is 0 Å². The molecule has 1 aliphatic rings. The summed E-state index contributed by atoms with van der Waals surface area (Å²) < 4.78 is 44.8. The summed E-state index contributed by atoms with van der Waals surface area (Å²) in [5.74, 6) is -0.772. The maximum atomic E-state index is 13.3. The average molecular weight is 308 g/mol. The topological polar surface area (TPSA) is 38.3 Å². The Balaban J connectivity index is 2.43. The number of halogens is 4. The van der Waals surface area contributed by atoms with Gasteiger partial charge in [0, 0.05) is 12.1 Å². The third-order valence-corrected chi connectivity index (χ3v) is 3.86. The Morgan fingerprint density at radius 3 is 2.65 bits per heavy atom. The number of Topliss-reactive ketones (excluding diaryl/α,β-unsaturated/α-hetero) is 1. The third kappa shape index (κ3) is 2.38. The van der Waals surface area contributed by atoms with E-state index < -0.39 is 23.9 Å². The SMILES string of the molecule is COc1cc(C(=O)C2(C(F)(F)F)CCNC2)ccc1Cl. The number of carbonyl (C=O) groups excluding carboxylic acids is 1. The molecule has 1 saturated heterocycles. The van der Waals surface area contributed by atoms with Gasteiger partial charge < -0.3 is 10.1 Å². The number of alkyl halides is 3. The molecule has 0 amide bonds. The Hall–Kier alpha value is -1.27. The lowest BCUT2D eigenvalue weighted by Crippen LogP contribution is -2.46. The van der Waals surface area contributed by atoms with Crippen molar-refractivity contribution in [3.8, 4) is 5.75 Å². The zero-order valence-electron chi connectivity index (χ0n) is 10.7. The molecule has 2 rings (SSSR count). The van der Waals surface area contributed by atoms with Gasteiger partial charge in [0.05, 0.1) is 12.1 Å². The van der Waals surface area contributed by atoms with Crippen LogP contribution in [0.2, 0.25) is 5.02 Å². The van der Waals surface area contributed by atoms with Crippen LogP contribution < -0.4 is 10.1 Å². The zero-order valence-corrected chi connectivity index (χ0v) is 11.4. The quantitative estimate of drug-likeness (QED) is 0.872. The van der Waals surface area contributed by atoms with Crippen LogP contribution in [0.4, 0.5) is 13.2 Å². The van der Waals surface area contributed by atoms with Crippen LogP contribution in [-0.2, 0) is 0 Å². The van der Waals surface area contributed by atoms with E-state index in [9.17, 15) is 18.0 Å². The molecule has 1 aliphatic heterocycles. The number of ketones is 1. The van der Waals surface area contributed by atoms with Crippen LogP contribution in [0, 0.1) is 5.41 Å². The Morgan fingerprint density at radius 1 is 1.45 bits per heavy atom. The number of hydrogen-bond acceptors (Lipinski definition) is 3. The highest BCUT2D eigenvalue weighted by Gasteiger charge is 2.61. The number of rotatable bonds is 3. The predicted octanol–water partition coefficient (Wildman–Crippen LogP) is 3.07. The van der Waals surface area contributed by atoms with E-state index in [4.69, 9.17) is 16.3 Å². The van der Waals surface area contributed by atoms with Crippen molar-refractivity contribution in [1.29, 1.82) is 0 Å². The number of nitrogens with one attached hydrogen (secondary N) is 1. The van der Waals surface area contributed by atoms with Gasteiger partial charge in [0.25, 0.3) is 0 Å². The van der Waals surface area contributed by atoms with Crippen molar-refractivity contribution < 1.29 is 22.7 Å². The van der Waals surface area contributed by atoms with Crippen molar-refractivity contribution in [3.05, 3.63) is 28.8 Å². The van der Waals surface area contributed by atoms with E-state index in [2.05, 4.69) is 5.32 Å². The molecule has 1 aromatic rings. The molecule has 0 spiro atoms. The van der Waals surface area contributed by atoms with E-state index in [1.807, 2.05) is 0 Å². The number of carbonyl (C=O) groups is 1. The van der Waals surface area contributed by atoms with Gasteiger partial charge in [-0.05, 0) is 31.2 Å². The smallest absolute Gasteiger partial charge is 0.402 e. The number of hydrogen-bond donors (Lipinski definition) is 1. The Labute approximate surface area is 119 Å². The second kappa shape index (κ2) is 5.26. The second-order valence-electron chi connectivity index (χ2n) is 4.69. The Bertz CT molecular complexity index is 525. The fourth-order valence-corrected chi connectivity index (χ4v) is 2.53. The van der Waals surface area contributed by atoms with E-state index in [0.29, 0.717) is 0 Å². The summed E-state index contributed by atoms with van der Waals surface area (Å²) in [6.07, 6.45) is -4.86. The summed E-state index contributed by atoms with van der Waals surface area (Å²) in [5.41, 5.74) is -2.42. The van der Waals surface area contributed by atoms with Gasteiger partial charge in [0.15, 0.2) is 5.78 Å². The fourth-order valence-electron chi connectivity index (χ4n) is 2.33. The van der Waals surface area contributed by atoms with E-state index in [0.717, 1.165) is 0 Å². The standard InChI is InChI=1S/C13H13ClF3NO2/c1-20-10-6-8(2-3-9(10)14)11(19)12(13(15,16)17)4-5-18-7-12/h2-3,6,18H,4-5,7H2,1H3. The molecular formula is C13H13ClF3NO2. The molecule has 1 heterocycles. The molecule has 1 unspecified atom stereocenters. The van der Waals surface area contributed by atoms with Crippen molar-refractivity contribution in [1.82, 2.24) is 5.32 Å². The summed E-state index contributed by atoms with van der Waals surface area (Å²) in [6, 6.07) is 3.90. The first-order valence-corrected chi connectivity index (χ1v) is 6.35. The van der Waals surface area contributed by atoms with Crippen LogP contribution in [0.3, 0.4) is 0 Å². The van der Waals surface area contributed by atoms with Gasteiger partial charge in [0.2, 0.25) is 0 Å². The molecule has 0 aromatic heterocycles. The van der Waals surface area contributed by atoms with Crippen LogP contribution in [0.25, 0.3) is 0 Å². The third-order valence-electron chi connectivity index (χ3n) is 3.55. The molecule has 0 aliphatic carbocycles. The summed E-state index contributed by atoms with van der Waals surface area (Å²) in [5, 5.41) is 2.86. The molecular weight excluding hydrogens is 295 g/mol. The number of methoxy groups -OCH3 is 1. The van der Waals surface area contributed by atoms with E-state index in [1.165, 1.54) is 25.3 Å². The molecule has 0 radical (unpaired) electrons. The highest BCUT2D eigenvalue weighted by molar-refractivity contribution is 6.32. The first-order valence-electron chi connectivity index (χ1n) is 5.97. The van der Waals surface area contributed by atoms with Crippen molar-refractivity contribution in [2.75, 3.05) is 20.2 Å². The summed E-state index contributed by atoms with van der Waals surface area (Å²) in [6.45, 7) is -0.240. The predicted molar refractivity (Wildman–Crippen MR) is 68.3 cm³/mol. The largest absolute Gasteiger partial charge is 0.495 e. The van der Waals surface area contributed by atoms with E-state index >= 15 is 0 Å². The zero-order chi connectivity index (χ0) is 15.0. The molecule has 0 bridgehead atoms. The van der Waals surface area contributed by atoms with Gasteiger partial charge in [-0.1, -0.05) is 11.6 Å². The minimum Gasteiger partial charge on any atom is -0.495 e. The molecule has 1 fully saturated rings. The molecule has 1 atom stereocenters. The van der Waals surface area contributed by atoms with Crippen molar-refractivity contribution >= 4 is 17.4 Å². The van der Waals surface area contributed by atoms with Gasteiger partial charge in [-0.15, -0.1) is 0 Å². The lowest BCUT2D eigenvalue weighted by atomic mass is 9.78. The first-order chi connectivity index (χ1) is 9.32. The van der Waals surface area contributed by atoms with Crippen LogP contribution >= 0.6 is 11.6 Å². The molecule has 7 heteroatoms. The number of benzene rings is 1. The summed E-state index contributed by atoms with van der Waals surface area (Å²) in [7, 11) is 1.34. The van der Waals surface area contributed by atoms with Gasteiger partial charge in [-0.3, -0.25) is 4.79 Å². The second-order valence-corrected chi connectivity index (χ2v) is 5.09. The monoisotopic (exact) mass is 307 g/mol. The van der Waals surface area contributed by atoms with E-state index in [1.54, 1.807) is 0 Å². The summed E-state index contributed by atoms with van der Waals surface area (Å²) >= 11 is 5.81. The molecule has 20 heavy (non-hydrogen) atoms. The maximum absolute atomic E-state index is 13.3. The average Bonchev–Trinajstić information content (AvgIpc) is 2.88. The van der Waals surface area contributed by atoms with Crippen LogP contribution in [0.5, 0.6) is 5.75 Å². The molecule has 0 saturated carbocycles. The Kier molecular flexibility index (Phi) is 3.97. The Morgan fingerprint density at radius 2 is 2.15 bits per heavy atom. The minimum atomic E-state index is -4.60. The van der Waals surface area contributed by atoms with Crippen molar-refractivity contribution in [2.45, 2.75) is 12.6 Å². The normalized spacial score (nSPS) is 22.9. The van der Waals surface area contributed by atoms with Gasteiger partial charge in [-0.2, -0.15) is 13.2 Å². The first kappa shape index (κ1) is 15.1. The van der Waals surface area contributed by atoms with Crippen molar-refractivity contribution in [2.24, 2.45) is 5.41 Å². The maximum Gasteiger partial charge on any atom is 0.402 e. The molecule has 1 aromatic carbocycles. The lowest BCUT2D eigenvalue weighted by molar-refractivity contribution is -0.197. The highest BCUT2D eigenvalue weighted by Crippen LogP contribution is 2.45. The molecule has 110 valence electrons. The fraction of sp³-hybridized carbons (Fsp3) is 0.462. The van der Waals surface area contributed by atoms with E-state index in [-0.39, 0.29) is 29.3 Å².